The lowest BCUT2D eigenvalue weighted by molar-refractivity contribution is 0.356. The molecule has 0 amide bonds. The Kier molecular flexibility index (Phi) is 1.16. The van der Waals surface area contributed by atoms with Crippen LogP contribution in [0.15, 0.2) is 18.2 Å². The maximum Gasteiger partial charge on any atom is 0.122 e. The first-order valence-electron chi connectivity index (χ1n) is 3.44. The summed E-state index contributed by atoms with van der Waals surface area (Å²) in [5, 5.41) is 0. The van der Waals surface area contributed by atoms with Crippen LogP contribution in [0.1, 0.15) is 11.1 Å². The monoisotopic (exact) mass is 133 g/mol. The summed E-state index contributed by atoms with van der Waals surface area (Å²) in [7, 11) is 0. The molecule has 1 radical (unpaired) electrons. The molecular weight excluding hydrogens is 124 g/mol. The van der Waals surface area contributed by atoms with Crippen molar-refractivity contribution in [1.29, 1.82) is 0 Å². The minimum atomic E-state index is 0.832. The number of fused-ring (bicyclic) bond motifs is 1. The van der Waals surface area contributed by atoms with Crippen molar-refractivity contribution >= 4 is 0 Å². The number of hydrogen-bond acceptors (Lipinski definition) is 1. The first-order valence-corrected chi connectivity index (χ1v) is 3.44. The van der Waals surface area contributed by atoms with Crippen LogP contribution in [0.2, 0.25) is 0 Å². The van der Waals surface area contributed by atoms with Crippen molar-refractivity contribution in [1.82, 2.24) is 0 Å². The van der Waals surface area contributed by atoms with Crippen molar-refractivity contribution in [2.45, 2.75) is 6.42 Å². The molecule has 0 atom stereocenters. The van der Waals surface area contributed by atoms with Gasteiger partial charge in [0.05, 0.1) is 6.61 Å². The van der Waals surface area contributed by atoms with E-state index >= 15 is 0 Å². The van der Waals surface area contributed by atoms with Gasteiger partial charge in [0.25, 0.3) is 0 Å². The van der Waals surface area contributed by atoms with Crippen LogP contribution in [0.3, 0.4) is 0 Å². The zero-order valence-electron chi connectivity index (χ0n) is 5.76. The van der Waals surface area contributed by atoms with E-state index in [1.807, 2.05) is 12.1 Å². The lowest BCUT2D eigenvalue weighted by atomic mass is 10.1. The average Bonchev–Trinajstić information content (AvgIpc) is 2.33. The summed E-state index contributed by atoms with van der Waals surface area (Å²) >= 11 is 0. The molecule has 0 fully saturated rings. The third-order valence-corrected chi connectivity index (χ3v) is 1.76. The molecule has 0 aromatic heterocycles. The minimum absolute atomic E-state index is 0.832. The maximum absolute atomic E-state index is 5.34. The van der Waals surface area contributed by atoms with Gasteiger partial charge in [0, 0.05) is 6.42 Å². The molecule has 0 spiro atoms. The highest BCUT2D eigenvalue weighted by molar-refractivity contribution is 5.40. The summed E-state index contributed by atoms with van der Waals surface area (Å²) in [5.41, 5.74) is 2.34. The molecular formula is C9H9O. The van der Waals surface area contributed by atoms with E-state index < -0.39 is 0 Å². The highest BCUT2D eigenvalue weighted by atomic mass is 16.5. The van der Waals surface area contributed by atoms with Crippen molar-refractivity contribution in [2.75, 3.05) is 6.61 Å². The fourth-order valence-corrected chi connectivity index (χ4v) is 1.21. The Labute approximate surface area is 60.6 Å². The van der Waals surface area contributed by atoms with E-state index in [0.29, 0.717) is 0 Å². The molecule has 0 N–H and O–H groups in total. The molecule has 1 aromatic rings. The van der Waals surface area contributed by atoms with Gasteiger partial charge in [0.2, 0.25) is 0 Å². The average molecular weight is 133 g/mol. The molecule has 1 heteroatoms. The van der Waals surface area contributed by atoms with E-state index in [0.717, 1.165) is 24.3 Å². The van der Waals surface area contributed by atoms with Crippen LogP contribution in [0, 0.1) is 6.92 Å². The van der Waals surface area contributed by atoms with E-state index in [1.54, 1.807) is 0 Å². The van der Waals surface area contributed by atoms with Crippen LogP contribution in [-0.2, 0) is 6.42 Å². The van der Waals surface area contributed by atoms with Crippen molar-refractivity contribution in [3.63, 3.8) is 0 Å². The van der Waals surface area contributed by atoms with Crippen LogP contribution in [0.25, 0.3) is 0 Å². The fraction of sp³-hybridized carbons (Fsp3) is 0.222. The standard InChI is InChI=1S/C9H9O/c1-7-2-3-8-4-5-10-9(8)6-7/h2-3,6H,1,4-5H2. The van der Waals surface area contributed by atoms with Gasteiger partial charge >= 0.3 is 0 Å². The molecule has 1 nitrogen and oxygen atoms in total. The van der Waals surface area contributed by atoms with Crippen molar-refractivity contribution in [3.8, 4) is 5.75 Å². The Morgan fingerprint density at radius 3 is 3.20 bits per heavy atom. The molecule has 10 heavy (non-hydrogen) atoms. The van der Waals surface area contributed by atoms with Gasteiger partial charge in [-0.3, -0.25) is 0 Å². The Bertz CT molecular complexity index is 253. The Morgan fingerprint density at radius 2 is 2.30 bits per heavy atom. The number of ether oxygens (including phenoxy) is 1. The van der Waals surface area contributed by atoms with E-state index in [-0.39, 0.29) is 0 Å². The SMILES string of the molecule is [CH2]c1ccc2c(c1)OCC2. The van der Waals surface area contributed by atoms with E-state index in [9.17, 15) is 0 Å². The van der Waals surface area contributed by atoms with Crippen molar-refractivity contribution in [3.05, 3.63) is 36.2 Å². The lowest BCUT2D eigenvalue weighted by Gasteiger charge is -1.97. The Hall–Kier alpha value is -0.980. The van der Waals surface area contributed by atoms with Crippen LogP contribution >= 0.6 is 0 Å². The predicted molar refractivity (Wildman–Crippen MR) is 40.1 cm³/mol. The van der Waals surface area contributed by atoms with Gasteiger partial charge in [-0.15, -0.1) is 0 Å². The number of hydrogen-bond donors (Lipinski definition) is 0. The molecule has 1 aliphatic heterocycles. The normalized spacial score (nSPS) is 14.5. The van der Waals surface area contributed by atoms with Gasteiger partial charge in [-0.1, -0.05) is 12.1 Å². The zero-order valence-corrected chi connectivity index (χ0v) is 5.76. The van der Waals surface area contributed by atoms with Gasteiger partial charge in [-0.25, -0.2) is 0 Å². The highest BCUT2D eigenvalue weighted by Gasteiger charge is 2.10. The van der Waals surface area contributed by atoms with Gasteiger partial charge < -0.3 is 4.74 Å². The fourth-order valence-electron chi connectivity index (χ4n) is 1.21. The second-order valence-corrected chi connectivity index (χ2v) is 2.54. The summed E-state index contributed by atoms with van der Waals surface area (Å²) in [5.74, 6) is 1.02. The summed E-state index contributed by atoms with van der Waals surface area (Å²) in [6, 6.07) is 6.10. The van der Waals surface area contributed by atoms with Crippen molar-refractivity contribution in [2.24, 2.45) is 0 Å². The third kappa shape index (κ3) is 0.783. The predicted octanol–water partition coefficient (Wildman–Crippen LogP) is 1.80. The summed E-state index contributed by atoms with van der Waals surface area (Å²) in [4.78, 5) is 0. The summed E-state index contributed by atoms with van der Waals surface area (Å²) in [6.45, 7) is 4.65. The van der Waals surface area contributed by atoms with Crippen LogP contribution in [-0.4, -0.2) is 6.61 Å². The highest BCUT2D eigenvalue weighted by Crippen LogP contribution is 2.25. The topological polar surface area (TPSA) is 9.23 Å². The Morgan fingerprint density at radius 1 is 1.40 bits per heavy atom. The van der Waals surface area contributed by atoms with Gasteiger partial charge in [-0.2, -0.15) is 0 Å². The minimum Gasteiger partial charge on any atom is -0.493 e. The zero-order chi connectivity index (χ0) is 6.97. The van der Waals surface area contributed by atoms with Crippen LogP contribution < -0.4 is 4.74 Å². The second kappa shape index (κ2) is 2.01. The van der Waals surface area contributed by atoms with Gasteiger partial charge in [0.15, 0.2) is 0 Å². The van der Waals surface area contributed by atoms with E-state index in [4.69, 9.17) is 4.74 Å². The second-order valence-electron chi connectivity index (χ2n) is 2.54. The van der Waals surface area contributed by atoms with Crippen molar-refractivity contribution < 1.29 is 4.74 Å². The molecule has 2 rings (SSSR count). The molecule has 0 saturated heterocycles. The van der Waals surface area contributed by atoms with Crippen LogP contribution in [0.5, 0.6) is 5.75 Å². The maximum atomic E-state index is 5.34. The first-order chi connectivity index (χ1) is 4.86. The first kappa shape index (κ1) is 5.78. The quantitative estimate of drug-likeness (QED) is 0.524. The number of rotatable bonds is 0. The molecule has 51 valence electrons. The molecule has 0 unspecified atom stereocenters. The summed E-state index contributed by atoms with van der Waals surface area (Å²) < 4.78 is 5.34. The molecule has 0 aliphatic carbocycles. The lowest BCUT2D eigenvalue weighted by Crippen LogP contribution is -1.86. The summed E-state index contributed by atoms with van der Waals surface area (Å²) in [6.07, 6.45) is 1.05. The smallest absolute Gasteiger partial charge is 0.122 e. The third-order valence-electron chi connectivity index (χ3n) is 1.76. The van der Waals surface area contributed by atoms with Crippen LogP contribution in [0.4, 0.5) is 0 Å². The van der Waals surface area contributed by atoms with Gasteiger partial charge in [0.1, 0.15) is 5.75 Å². The largest absolute Gasteiger partial charge is 0.493 e. The number of benzene rings is 1. The molecule has 0 bridgehead atoms. The Balaban J connectivity index is 2.52. The molecule has 1 heterocycles. The molecule has 1 aromatic carbocycles. The molecule has 1 aliphatic rings. The van der Waals surface area contributed by atoms with E-state index in [2.05, 4.69) is 13.0 Å². The van der Waals surface area contributed by atoms with Gasteiger partial charge in [-0.05, 0) is 24.1 Å². The van der Waals surface area contributed by atoms with E-state index in [1.165, 1.54) is 5.56 Å². The molecule has 0 saturated carbocycles.